The molecule has 1 aliphatic carbocycles. The van der Waals surface area contributed by atoms with Gasteiger partial charge in [-0.15, -0.1) is 0 Å². The molecule has 0 unspecified atom stereocenters. The summed E-state index contributed by atoms with van der Waals surface area (Å²) in [6.45, 7) is 4.51. The third-order valence-corrected chi connectivity index (χ3v) is 6.71. The molecule has 3 rings (SSSR count). The van der Waals surface area contributed by atoms with Gasteiger partial charge in [-0.25, -0.2) is 0 Å². The molecule has 1 saturated heterocycles. The second-order valence-corrected chi connectivity index (χ2v) is 9.95. The van der Waals surface area contributed by atoms with Crippen molar-refractivity contribution in [2.75, 3.05) is 13.2 Å². The third-order valence-electron chi connectivity index (χ3n) is 6.48. The maximum Gasteiger partial charge on any atom is 0.306 e. The van der Waals surface area contributed by atoms with Gasteiger partial charge in [0.1, 0.15) is 18.5 Å². The van der Waals surface area contributed by atoms with Crippen molar-refractivity contribution in [1.29, 1.82) is 0 Å². The minimum absolute atomic E-state index is 0.0328. The Hall–Kier alpha value is -1.60. The predicted molar refractivity (Wildman–Crippen MR) is 127 cm³/mol. The highest BCUT2D eigenvalue weighted by Gasteiger charge is 2.43. The molecule has 0 bridgehead atoms. The molecular formula is C26H37ClO6. The summed E-state index contributed by atoms with van der Waals surface area (Å²) in [4.78, 5) is 11.7. The van der Waals surface area contributed by atoms with Crippen molar-refractivity contribution in [2.24, 2.45) is 17.8 Å². The molecular weight excluding hydrogens is 444 g/mol. The molecule has 0 radical (unpaired) electrons. The van der Waals surface area contributed by atoms with Crippen molar-refractivity contribution < 1.29 is 29.2 Å². The summed E-state index contributed by atoms with van der Waals surface area (Å²) in [6.07, 6.45) is 7.13. The predicted octanol–water partition coefficient (Wildman–Crippen LogP) is 4.55. The van der Waals surface area contributed by atoms with Crippen LogP contribution in [0.4, 0.5) is 0 Å². The molecule has 1 saturated carbocycles. The van der Waals surface area contributed by atoms with Gasteiger partial charge in [0.2, 0.25) is 0 Å². The van der Waals surface area contributed by atoms with Gasteiger partial charge in [-0.2, -0.15) is 0 Å². The molecule has 0 amide bonds. The fraction of sp³-hybridized carbons (Fsp3) is 0.654. The Balaban J connectivity index is 1.45. The average molecular weight is 481 g/mol. The largest absolute Gasteiger partial charge is 0.491 e. The highest BCUT2D eigenvalue weighted by atomic mass is 35.5. The van der Waals surface area contributed by atoms with E-state index in [-0.39, 0.29) is 36.6 Å². The summed E-state index contributed by atoms with van der Waals surface area (Å²) in [7, 11) is 0. The first kappa shape index (κ1) is 26.0. The number of carbonyl (C=O) groups is 1. The third kappa shape index (κ3) is 8.29. The number of rotatable bonds is 10. The molecule has 0 aromatic heterocycles. The van der Waals surface area contributed by atoms with Crippen LogP contribution in [-0.2, 0) is 14.3 Å². The molecule has 0 spiro atoms. The SMILES string of the molecule is CC(C)OC(=O)CCC[C@H]1CC[C@@H]2[C@@H](C=C[C@@H](O)COc3cccc(Cl)c3)[C@H](O)C[C@@H]2OC1. The van der Waals surface area contributed by atoms with E-state index in [1.54, 1.807) is 30.3 Å². The quantitative estimate of drug-likeness (QED) is 0.377. The second-order valence-electron chi connectivity index (χ2n) is 9.51. The van der Waals surface area contributed by atoms with Crippen molar-refractivity contribution in [3.05, 3.63) is 41.4 Å². The van der Waals surface area contributed by atoms with E-state index in [9.17, 15) is 15.0 Å². The molecule has 2 fully saturated rings. The zero-order chi connectivity index (χ0) is 23.8. The number of halogens is 1. The van der Waals surface area contributed by atoms with Gasteiger partial charge >= 0.3 is 5.97 Å². The molecule has 1 aromatic carbocycles. The topological polar surface area (TPSA) is 85.2 Å². The number of fused-ring (bicyclic) bond motifs is 1. The van der Waals surface area contributed by atoms with E-state index in [4.69, 9.17) is 25.8 Å². The van der Waals surface area contributed by atoms with Crippen molar-refractivity contribution in [1.82, 2.24) is 0 Å². The minimum atomic E-state index is -0.778. The van der Waals surface area contributed by atoms with Crippen LogP contribution < -0.4 is 4.74 Å². The Bertz CT molecular complexity index is 782. The van der Waals surface area contributed by atoms with Crippen molar-refractivity contribution in [3.8, 4) is 5.75 Å². The molecule has 2 aliphatic rings. The summed E-state index contributed by atoms with van der Waals surface area (Å²) in [5, 5.41) is 21.5. The maximum atomic E-state index is 11.7. The van der Waals surface area contributed by atoms with Crippen LogP contribution in [-0.4, -0.2) is 53.8 Å². The van der Waals surface area contributed by atoms with E-state index in [0.29, 0.717) is 36.1 Å². The normalized spacial score (nSPS) is 28.5. The first-order valence-corrected chi connectivity index (χ1v) is 12.4. The van der Waals surface area contributed by atoms with Crippen molar-refractivity contribution in [3.63, 3.8) is 0 Å². The maximum absolute atomic E-state index is 11.7. The lowest BCUT2D eigenvalue weighted by molar-refractivity contribution is -0.147. The molecule has 1 heterocycles. The van der Waals surface area contributed by atoms with Crippen LogP contribution in [0.1, 0.15) is 52.4 Å². The molecule has 184 valence electrons. The molecule has 1 aromatic rings. The summed E-state index contributed by atoms with van der Waals surface area (Å²) >= 11 is 5.96. The monoisotopic (exact) mass is 480 g/mol. The van der Waals surface area contributed by atoms with Crippen LogP contribution in [0, 0.1) is 17.8 Å². The van der Waals surface area contributed by atoms with Crippen molar-refractivity contribution >= 4 is 17.6 Å². The van der Waals surface area contributed by atoms with Gasteiger partial charge < -0.3 is 24.4 Å². The van der Waals surface area contributed by atoms with Crippen LogP contribution in [0.2, 0.25) is 5.02 Å². The van der Waals surface area contributed by atoms with E-state index >= 15 is 0 Å². The second kappa shape index (κ2) is 12.7. The number of hydrogen-bond donors (Lipinski definition) is 2. The summed E-state index contributed by atoms with van der Waals surface area (Å²) in [5.41, 5.74) is 0. The Morgan fingerprint density at radius 3 is 2.91 bits per heavy atom. The molecule has 6 atom stereocenters. The highest BCUT2D eigenvalue weighted by molar-refractivity contribution is 6.30. The molecule has 1 aliphatic heterocycles. The van der Waals surface area contributed by atoms with Gasteiger partial charge in [0.05, 0.1) is 18.3 Å². The Morgan fingerprint density at radius 2 is 2.15 bits per heavy atom. The van der Waals surface area contributed by atoms with Gasteiger partial charge in [-0.3, -0.25) is 4.79 Å². The number of esters is 1. The van der Waals surface area contributed by atoms with E-state index < -0.39 is 12.2 Å². The number of aliphatic hydroxyl groups excluding tert-OH is 2. The smallest absolute Gasteiger partial charge is 0.306 e. The number of aliphatic hydroxyl groups is 2. The van der Waals surface area contributed by atoms with Crippen LogP contribution >= 0.6 is 11.6 Å². The van der Waals surface area contributed by atoms with Crippen LogP contribution in [0.15, 0.2) is 36.4 Å². The number of carbonyl (C=O) groups excluding carboxylic acids is 1. The zero-order valence-electron chi connectivity index (χ0n) is 19.6. The number of hydrogen-bond acceptors (Lipinski definition) is 6. The summed E-state index contributed by atoms with van der Waals surface area (Å²) < 4.78 is 17.0. The standard InChI is InChI=1S/C26H37ClO6/c1-17(2)33-26(30)8-3-5-18-9-11-23-22(24(29)14-25(23)32-15-18)12-10-20(28)16-31-21-7-4-6-19(27)13-21/h4,6-7,10,12-13,17-18,20,22-25,28-29H,3,5,8-9,11,14-16H2,1-2H3/t18-,20+,22+,23+,24+,25-/m0/s1. The molecule has 6 nitrogen and oxygen atoms in total. The zero-order valence-corrected chi connectivity index (χ0v) is 20.3. The van der Waals surface area contributed by atoms with Gasteiger partial charge in [-0.1, -0.05) is 29.8 Å². The van der Waals surface area contributed by atoms with Gasteiger partial charge in [0.25, 0.3) is 0 Å². The van der Waals surface area contributed by atoms with Gasteiger partial charge in [-0.05, 0) is 69.6 Å². The lowest BCUT2D eigenvalue weighted by atomic mass is 9.86. The lowest BCUT2D eigenvalue weighted by Crippen LogP contribution is -2.22. The summed E-state index contributed by atoms with van der Waals surface area (Å²) in [6, 6.07) is 7.06. The van der Waals surface area contributed by atoms with Gasteiger partial charge in [0, 0.05) is 30.4 Å². The molecule has 2 N–H and O–H groups in total. The van der Waals surface area contributed by atoms with Crippen LogP contribution in [0.5, 0.6) is 5.75 Å². The average Bonchev–Trinajstić information content (AvgIpc) is 2.92. The Kier molecular flexibility index (Phi) is 10.0. The molecule has 7 heteroatoms. The minimum Gasteiger partial charge on any atom is -0.491 e. The number of benzene rings is 1. The first-order chi connectivity index (χ1) is 15.8. The lowest BCUT2D eigenvalue weighted by Gasteiger charge is -2.21. The van der Waals surface area contributed by atoms with E-state index in [1.165, 1.54) is 0 Å². The fourth-order valence-electron chi connectivity index (χ4n) is 4.85. The number of ether oxygens (including phenoxy) is 3. The van der Waals surface area contributed by atoms with Crippen LogP contribution in [0.25, 0.3) is 0 Å². The van der Waals surface area contributed by atoms with Crippen LogP contribution in [0.3, 0.4) is 0 Å². The summed E-state index contributed by atoms with van der Waals surface area (Å²) in [5.74, 6) is 1.07. The Morgan fingerprint density at radius 1 is 1.33 bits per heavy atom. The highest BCUT2D eigenvalue weighted by Crippen LogP contribution is 2.42. The molecule has 33 heavy (non-hydrogen) atoms. The first-order valence-electron chi connectivity index (χ1n) is 12.1. The van der Waals surface area contributed by atoms with E-state index in [1.807, 2.05) is 19.9 Å². The fourth-order valence-corrected chi connectivity index (χ4v) is 5.03. The van der Waals surface area contributed by atoms with Crippen molar-refractivity contribution in [2.45, 2.75) is 76.8 Å². The van der Waals surface area contributed by atoms with E-state index in [0.717, 1.165) is 25.7 Å². The van der Waals surface area contributed by atoms with Gasteiger partial charge in [0.15, 0.2) is 0 Å². The Labute approximate surface area is 201 Å². The van der Waals surface area contributed by atoms with E-state index in [2.05, 4.69) is 0 Å².